The standard InChI is InChI=1S/C17H17NO6/c19-8-9-23-15-10-13(16(20)21)6-7-14(15)18-17(22)24-11-12-4-2-1-3-5-12/h1-7,10,19H,8-9,11H2,(H,18,22)(H,20,21). The van der Waals surface area contributed by atoms with Gasteiger partial charge in [-0.15, -0.1) is 0 Å². The van der Waals surface area contributed by atoms with Gasteiger partial charge in [0.15, 0.2) is 0 Å². The van der Waals surface area contributed by atoms with Crippen molar-refractivity contribution in [1.29, 1.82) is 0 Å². The van der Waals surface area contributed by atoms with Crippen LogP contribution >= 0.6 is 0 Å². The topological polar surface area (TPSA) is 105 Å². The number of rotatable bonds is 7. The summed E-state index contributed by atoms with van der Waals surface area (Å²) >= 11 is 0. The number of anilines is 1. The van der Waals surface area contributed by atoms with E-state index in [-0.39, 0.29) is 36.8 Å². The van der Waals surface area contributed by atoms with Gasteiger partial charge in [0.1, 0.15) is 19.0 Å². The van der Waals surface area contributed by atoms with Crippen molar-refractivity contribution in [3.05, 3.63) is 59.7 Å². The molecule has 0 saturated carbocycles. The third-order valence-electron chi connectivity index (χ3n) is 3.03. The predicted molar refractivity (Wildman–Crippen MR) is 86.2 cm³/mol. The Kier molecular flexibility index (Phi) is 6.16. The minimum absolute atomic E-state index is 0.00569. The Morgan fingerprint density at radius 2 is 1.83 bits per heavy atom. The Balaban J connectivity index is 2.04. The molecule has 0 fully saturated rings. The number of ether oxygens (including phenoxy) is 2. The Morgan fingerprint density at radius 1 is 1.08 bits per heavy atom. The number of hydrogen-bond acceptors (Lipinski definition) is 5. The summed E-state index contributed by atoms with van der Waals surface area (Å²) in [6, 6.07) is 13.2. The molecule has 126 valence electrons. The summed E-state index contributed by atoms with van der Waals surface area (Å²) in [7, 11) is 0. The van der Waals surface area contributed by atoms with Gasteiger partial charge in [-0.3, -0.25) is 5.32 Å². The van der Waals surface area contributed by atoms with Crippen molar-refractivity contribution in [2.75, 3.05) is 18.5 Å². The summed E-state index contributed by atoms with van der Waals surface area (Å²) in [5.41, 5.74) is 1.10. The van der Waals surface area contributed by atoms with Crippen molar-refractivity contribution in [3.8, 4) is 5.75 Å². The molecule has 0 unspecified atom stereocenters. The first kappa shape index (κ1) is 17.3. The molecule has 7 nitrogen and oxygen atoms in total. The Labute approximate surface area is 138 Å². The van der Waals surface area contributed by atoms with Crippen molar-refractivity contribution < 1.29 is 29.3 Å². The highest BCUT2D eigenvalue weighted by molar-refractivity contribution is 5.91. The van der Waals surface area contributed by atoms with Gasteiger partial charge in [-0.1, -0.05) is 30.3 Å². The normalized spacial score (nSPS) is 10.0. The average Bonchev–Trinajstić information content (AvgIpc) is 2.59. The van der Waals surface area contributed by atoms with E-state index in [9.17, 15) is 9.59 Å². The molecule has 1 amide bonds. The number of amides is 1. The van der Waals surface area contributed by atoms with E-state index in [0.29, 0.717) is 0 Å². The number of benzene rings is 2. The molecule has 24 heavy (non-hydrogen) atoms. The van der Waals surface area contributed by atoms with Crippen molar-refractivity contribution in [1.82, 2.24) is 0 Å². The molecule has 0 atom stereocenters. The van der Waals surface area contributed by atoms with Crippen LogP contribution in [0.15, 0.2) is 48.5 Å². The van der Waals surface area contributed by atoms with E-state index in [0.717, 1.165) is 5.56 Å². The van der Waals surface area contributed by atoms with Gasteiger partial charge in [0.25, 0.3) is 0 Å². The van der Waals surface area contributed by atoms with E-state index in [2.05, 4.69) is 5.32 Å². The number of carbonyl (C=O) groups is 2. The van der Waals surface area contributed by atoms with Gasteiger partial charge in [-0.05, 0) is 23.8 Å². The molecule has 0 aliphatic heterocycles. The van der Waals surface area contributed by atoms with Crippen LogP contribution in [0.2, 0.25) is 0 Å². The van der Waals surface area contributed by atoms with Gasteiger partial charge in [-0.2, -0.15) is 0 Å². The highest BCUT2D eigenvalue weighted by Gasteiger charge is 2.13. The molecule has 0 saturated heterocycles. The van der Waals surface area contributed by atoms with Crippen LogP contribution in [0.4, 0.5) is 10.5 Å². The fraction of sp³-hybridized carbons (Fsp3) is 0.176. The number of aromatic carboxylic acids is 1. The van der Waals surface area contributed by atoms with E-state index >= 15 is 0 Å². The molecule has 0 bridgehead atoms. The maximum Gasteiger partial charge on any atom is 0.412 e. The summed E-state index contributed by atoms with van der Waals surface area (Å²) in [4.78, 5) is 22.9. The molecule has 0 heterocycles. The molecule has 2 aromatic rings. The fourth-order valence-electron chi connectivity index (χ4n) is 1.90. The number of carbonyl (C=O) groups excluding carboxylic acids is 1. The Morgan fingerprint density at radius 3 is 2.50 bits per heavy atom. The van der Waals surface area contributed by atoms with Gasteiger partial charge in [0.05, 0.1) is 17.9 Å². The second-order valence-corrected chi connectivity index (χ2v) is 4.77. The fourth-order valence-corrected chi connectivity index (χ4v) is 1.90. The molecule has 2 rings (SSSR count). The van der Waals surface area contributed by atoms with Crippen LogP contribution < -0.4 is 10.1 Å². The molecule has 0 aliphatic carbocycles. The monoisotopic (exact) mass is 331 g/mol. The lowest BCUT2D eigenvalue weighted by molar-refractivity contribution is 0.0696. The highest BCUT2D eigenvalue weighted by atomic mass is 16.5. The van der Waals surface area contributed by atoms with Crippen molar-refractivity contribution in [3.63, 3.8) is 0 Å². The lowest BCUT2D eigenvalue weighted by atomic mass is 10.2. The van der Waals surface area contributed by atoms with E-state index in [4.69, 9.17) is 19.7 Å². The second-order valence-electron chi connectivity index (χ2n) is 4.77. The van der Waals surface area contributed by atoms with E-state index in [1.807, 2.05) is 30.3 Å². The second kappa shape index (κ2) is 8.54. The van der Waals surface area contributed by atoms with E-state index in [1.165, 1.54) is 18.2 Å². The lowest BCUT2D eigenvalue weighted by Gasteiger charge is -2.13. The van der Waals surface area contributed by atoms with Crippen LogP contribution in [0.1, 0.15) is 15.9 Å². The lowest BCUT2D eigenvalue weighted by Crippen LogP contribution is -2.15. The number of hydrogen-bond donors (Lipinski definition) is 3. The van der Waals surface area contributed by atoms with Crippen LogP contribution in [0.5, 0.6) is 5.75 Å². The first-order valence-electron chi connectivity index (χ1n) is 7.19. The van der Waals surface area contributed by atoms with Crippen LogP contribution in [0.3, 0.4) is 0 Å². The summed E-state index contributed by atoms with van der Waals surface area (Å²) in [5, 5.41) is 20.3. The van der Waals surface area contributed by atoms with Gasteiger partial charge in [-0.25, -0.2) is 9.59 Å². The minimum atomic E-state index is -1.12. The summed E-state index contributed by atoms with van der Waals surface area (Å²) in [5.74, 6) is -0.984. The number of aliphatic hydroxyl groups excluding tert-OH is 1. The first-order valence-corrected chi connectivity index (χ1v) is 7.19. The van der Waals surface area contributed by atoms with Gasteiger partial charge < -0.3 is 19.7 Å². The number of carboxylic acid groups (broad SMARTS) is 1. The molecule has 7 heteroatoms. The Hall–Kier alpha value is -3.06. The third kappa shape index (κ3) is 4.99. The predicted octanol–water partition coefficient (Wildman–Crippen LogP) is 2.50. The first-order chi connectivity index (χ1) is 11.6. The maximum atomic E-state index is 11.9. The summed E-state index contributed by atoms with van der Waals surface area (Å²) < 4.78 is 10.4. The molecular weight excluding hydrogens is 314 g/mol. The van der Waals surface area contributed by atoms with Gasteiger partial charge in [0, 0.05) is 0 Å². The van der Waals surface area contributed by atoms with Crippen molar-refractivity contribution >= 4 is 17.7 Å². The van der Waals surface area contributed by atoms with Crippen LogP contribution in [0, 0.1) is 0 Å². The van der Waals surface area contributed by atoms with Crippen molar-refractivity contribution in [2.24, 2.45) is 0 Å². The number of carboxylic acids is 1. The van der Waals surface area contributed by atoms with Gasteiger partial charge in [0.2, 0.25) is 0 Å². The molecule has 2 aromatic carbocycles. The molecule has 0 aromatic heterocycles. The SMILES string of the molecule is O=C(Nc1ccc(C(=O)O)cc1OCCO)OCc1ccccc1. The van der Waals surface area contributed by atoms with Crippen molar-refractivity contribution in [2.45, 2.75) is 6.61 Å². The van der Waals surface area contributed by atoms with Crippen LogP contribution in [-0.2, 0) is 11.3 Å². The highest BCUT2D eigenvalue weighted by Crippen LogP contribution is 2.26. The molecular formula is C17H17NO6. The van der Waals surface area contributed by atoms with E-state index < -0.39 is 12.1 Å². The number of aliphatic hydroxyl groups is 1. The smallest absolute Gasteiger partial charge is 0.412 e. The third-order valence-corrected chi connectivity index (χ3v) is 3.03. The Bertz CT molecular complexity index is 701. The molecule has 3 N–H and O–H groups in total. The van der Waals surface area contributed by atoms with Crippen LogP contribution in [0.25, 0.3) is 0 Å². The van der Waals surface area contributed by atoms with Gasteiger partial charge >= 0.3 is 12.1 Å². The summed E-state index contributed by atoms with van der Waals surface area (Å²) in [6.45, 7) is -0.168. The zero-order valence-corrected chi connectivity index (χ0v) is 12.8. The zero-order valence-electron chi connectivity index (χ0n) is 12.8. The van der Waals surface area contributed by atoms with Crippen LogP contribution in [-0.4, -0.2) is 35.5 Å². The largest absolute Gasteiger partial charge is 0.489 e. The summed E-state index contributed by atoms with van der Waals surface area (Å²) in [6.07, 6.45) is -0.698. The molecule has 0 spiro atoms. The minimum Gasteiger partial charge on any atom is -0.489 e. The quantitative estimate of drug-likeness (QED) is 0.720. The molecule has 0 aliphatic rings. The maximum absolute atomic E-state index is 11.9. The molecule has 0 radical (unpaired) electrons. The van der Waals surface area contributed by atoms with E-state index in [1.54, 1.807) is 0 Å². The zero-order chi connectivity index (χ0) is 17.4. The number of nitrogens with one attached hydrogen (secondary N) is 1. The average molecular weight is 331 g/mol.